The highest BCUT2D eigenvalue weighted by Gasteiger charge is 2.15. The highest BCUT2D eigenvalue weighted by Crippen LogP contribution is 2.26. The maximum Gasteiger partial charge on any atom is 0.252 e. The Morgan fingerprint density at radius 1 is 1.04 bits per heavy atom. The fraction of sp³-hybridized carbons (Fsp3) is 0.350. The van der Waals surface area contributed by atoms with Gasteiger partial charge in [-0.05, 0) is 43.3 Å². The van der Waals surface area contributed by atoms with E-state index in [-0.39, 0.29) is 11.9 Å². The maximum absolute atomic E-state index is 12.6. The van der Waals surface area contributed by atoms with E-state index in [2.05, 4.69) is 19.2 Å². The van der Waals surface area contributed by atoms with Gasteiger partial charge in [0.05, 0.1) is 18.7 Å². The number of thioether (sulfide) groups is 1. The van der Waals surface area contributed by atoms with E-state index in [0.29, 0.717) is 17.4 Å². The monoisotopic (exact) mass is 359 g/mol. The molecule has 0 aliphatic carbocycles. The molecule has 0 saturated heterocycles. The molecule has 4 nitrogen and oxygen atoms in total. The normalized spacial score (nSPS) is 11.9. The summed E-state index contributed by atoms with van der Waals surface area (Å²) in [5.41, 5.74) is 0.706. The minimum atomic E-state index is -0.105. The number of carbonyl (C=O) groups is 1. The number of rotatable bonds is 8. The van der Waals surface area contributed by atoms with E-state index in [9.17, 15) is 4.79 Å². The van der Waals surface area contributed by atoms with Gasteiger partial charge in [-0.2, -0.15) is 0 Å². The molecule has 0 radical (unpaired) electrons. The van der Waals surface area contributed by atoms with E-state index in [1.54, 1.807) is 18.9 Å². The zero-order valence-electron chi connectivity index (χ0n) is 15.1. The van der Waals surface area contributed by atoms with E-state index in [4.69, 9.17) is 9.47 Å². The molecule has 0 aliphatic heterocycles. The Balaban J connectivity index is 1.91. The highest BCUT2D eigenvalue weighted by molar-refractivity contribution is 8.00. The predicted molar refractivity (Wildman–Crippen MR) is 103 cm³/mol. The van der Waals surface area contributed by atoms with Crippen LogP contribution >= 0.6 is 11.8 Å². The van der Waals surface area contributed by atoms with Crippen LogP contribution in [0.5, 0.6) is 11.5 Å². The van der Waals surface area contributed by atoms with Crippen LogP contribution in [-0.2, 0) is 0 Å². The number of amides is 1. The van der Waals surface area contributed by atoms with Gasteiger partial charge in [0.2, 0.25) is 0 Å². The van der Waals surface area contributed by atoms with Gasteiger partial charge in [-0.15, -0.1) is 11.8 Å². The van der Waals surface area contributed by atoms with Crippen LogP contribution < -0.4 is 14.8 Å². The molecule has 2 aromatic rings. The van der Waals surface area contributed by atoms with Crippen LogP contribution in [0.4, 0.5) is 0 Å². The van der Waals surface area contributed by atoms with Crippen molar-refractivity contribution in [2.24, 2.45) is 0 Å². The summed E-state index contributed by atoms with van der Waals surface area (Å²) < 4.78 is 10.8. The van der Waals surface area contributed by atoms with Crippen LogP contribution in [0.25, 0.3) is 0 Å². The van der Waals surface area contributed by atoms with Gasteiger partial charge >= 0.3 is 0 Å². The van der Waals surface area contributed by atoms with Crippen LogP contribution in [0, 0.1) is 0 Å². The van der Waals surface area contributed by atoms with Crippen LogP contribution in [0.3, 0.4) is 0 Å². The Hall–Kier alpha value is -2.14. The summed E-state index contributed by atoms with van der Waals surface area (Å²) in [6.45, 7) is 6.56. The number of hydrogen-bond donors (Lipinski definition) is 1. The lowest BCUT2D eigenvalue weighted by Gasteiger charge is -2.17. The number of methoxy groups -OCH3 is 1. The minimum absolute atomic E-state index is 0.0745. The van der Waals surface area contributed by atoms with Crippen molar-refractivity contribution in [2.45, 2.75) is 37.0 Å². The molecular formula is C20H25NO3S. The molecule has 0 aromatic heterocycles. The van der Waals surface area contributed by atoms with Gasteiger partial charge in [0.1, 0.15) is 18.1 Å². The molecule has 25 heavy (non-hydrogen) atoms. The van der Waals surface area contributed by atoms with E-state index >= 15 is 0 Å². The van der Waals surface area contributed by atoms with Crippen molar-refractivity contribution < 1.29 is 14.3 Å². The topological polar surface area (TPSA) is 47.6 Å². The number of carbonyl (C=O) groups excluding carboxylic acids is 1. The first-order chi connectivity index (χ1) is 12.0. The van der Waals surface area contributed by atoms with Gasteiger partial charge in [0.25, 0.3) is 5.91 Å². The molecule has 0 unspecified atom stereocenters. The van der Waals surface area contributed by atoms with Crippen molar-refractivity contribution >= 4 is 17.7 Å². The molecule has 0 bridgehead atoms. The molecule has 0 saturated carbocycles. The second-order valence-electron chi connectivity index (χ2n) is 6.02. The summed E-state index contributed by atoms with van der Waals surface area (Å²) >= 11 is 1.69. The molecule has 2 aromatic carbocycles. The molecule has 1 atom stereocenters. The minimum Gasteiger partial charge on any atom is -0.497 e. The van der Waals surface area contributed by atoms with E-state index in [1.807, 2.05) is 55.5 Å². The Morgan fingerprint density at radius 2 is 1.68 bits per heavy atom. The molecule has 0 spiro atoms. The average Bonchev–Trinajstić information content (AvgIpc) is 2.60. The highest BCUT2D eigenvalue weighted by atomic mass is 32.2. The third kappa shape index (κ3) is 6.02. The third-order valence-corrected chi connectivity index (χ3v) is 4.51. The summed E-state index contributed by atoms with van der Waals surface area (Å²) in [6.07, 6.45) is 0. The Kier molecular flexibility index (Phi) is 7.19. The molecular weight excluding hydrogens is 334 g/mol. The van der Waals surface area contributed by atoms with Crippen molar-refractivity contribution in [1.29, 1.82) is 0 Å². The zero-order chi connectivity index (χ0) is 18.2. The van der Waals surface area contributed by atoms with Crippen LogP contribution in [0.1, 0.15) is 31.1 Å². The summed E-state index contributed by atoms with van der Waals surface area (Å²) in [5, 5.41) is 3.42. The van der Waals surface area contributed by atoms with Gasteiger partial charge in [-0.3, -0.25) is 4.79 Å². The van der Waals surface area contributed by atoms with Crippen molar-refractivity contribution in [1.82, 2.24) is 5.32 Å². The largest absolute Gasteiger partial charge is 0.497 e. The second-order valence-corrected chi connectivity index (χ2v) is 7.64. The fourth-order valence-corrected chi connectivity index (χ4v) is 3.20. The van der Waals surface area contributed by atoms with Crippen LogP contribution in [0.2, 0.25) is 0 Å². The van der Waals surface area contributed by atoms with Crippen molar-refractivity contribution in [2.75, 3.05) is 13.7 Å². The molecule has 2 rings (SSSR count). The number of nitrogens with one attached hydrogen (secondary N) is 1. The number of ether oxygens (including phenoxy) is 2. The third-order valence-electron chi connectivity index (χ3n) is 3.43. The standard InChI is InChI=1S/C20H25NO3S/c1-14(2)25-19-8-6-5-7-18(19)20(22)21-15(3)13-24-17-11-9-16(23-4)10-12-17/h5-12,14-15H,13H2,1-4H3,(H,21,22)/t15-/m0/s1. The summed E-state index contributed by atoms with van der Waals surface area (Å²) in [6, 6.07) is 15.0. The molecule has 1 amide bonds. The lowest BCUT2D eigenvalue weighted by atomic mass is 10.2. The van der Waals surface area contributed by atoms with Crippen molar-refractivity contribution in [3.05, 3.63) is 54.1 Å². The van der Waals surface area contributed by atoms with Crippen LogP contribution in [0.15, 0.2) is 53.4 Å². The fourth-order valence-electron chi connectivity index (χ4n) is 2.25. The van der Waals surface area contributed by atoms with Gasteiger partial charge in [-0.1, -0.05) is 26.0 Å². The predicted octanol–water partition coefficient (Wildman–Crippen LogP) is 4.39. The molecule has 0 aliphatic rings. The van der Waals surface area contributed by atoms with Crippen LogP contribution in [-0.4, -0.2) is 30.9 Å². The van der Waals surface area contributed by atoms with Gasteiger partial charge in [-0.25, -0.2) is 0 Å². The maximum atomic E-state index is 12.6. The zero-order valence-corrected chi connectivity index (χ0v) is 15.9. The Labute approximate surface area is 153 Å². The van der Waals surface area contributed by atoms with E-state index in [0.717, 1.165) is 16.4 Å². The van der Waals surface area contributed by atoms with Gasteiger partial charge in [0, 0.05) is 10.1 Å². The molecule has 0 heterocycles. The Morgan fingerprint density at radius 3 is 2.32 bits per heavy atom. The second kappa shape index (κ2) is 9.37. The molecule has 134 valence electrons. The smallest absolute Gasteiger partial charge is 0.252 e. The van der Waals surface area contributed by atoms with Gasteiger partial charge in [0.15, 0.2) is 0 Å². The number of hydrogen-bond acceptors (Lipinski definition) is 4. The first-order valence-corrected chi connectivity index (χ1v) is 9.21. The summed E-state index contributed by atoms with van der Waals surface area (Å²) in [4.78, 5) is 13.6. The lowest BCUT2D eigenvalue weighted by molar-refractivity contribution is 0.0923. The SMILES string of the molecule is COc1ccc(OC[C@H](C)NC(=O)c2ccccc2SC(C)C)cc1. The Bertz CT molecular complexity index is 686. The number of benzene rings is 2. The first kappa shape index (κ1) is 19.2. The molecule has 1 N–H and O–H groups in total. The molecule has 5 heteroatoms. The average molecular weight is 359 g/mol. The quantitative estimate of drug-likeness (QED) is 0.710. The summed E-state index contributed by atoms with van der Waals surface area (Å²) in [7, 11) is 1.63. The lowest BCUT2D eigenvalue weighted by Crippen LogP contribution is -2.37. The van der Waals surface area contributed by atoms with Gasteiger partial charge < -0.3 is 14.8 Å². The van der Waals surface area contributed by atoms with E-state index in [1.165, 1.54) is 0 Å². The first-order valence-electron chi connectivity index (χ1n) is 8.33. The van der Waals surface area contributed by atoms with E-state index < -0.39 is 0 Å². The van der Waals surface area contributed by atoms with Crippen molar-refractivity contribution in [3.8, 4) is 11.5 Å². The summed E-state index contributed by atoms with van der Waals surface area (Å²) in [5.74, 6) is 1.46. The van der Waals surface area contributed by atoms with Crippen molar-refractivity contribution in [3.63, 3.8) is 0 Å². The molecule has 0 fully saturated rings.